The third-order valence-corrected chi connectivity index (χ3v) is 4.93. The maximum Gasteiger partial charge on any atom is 0.319 e. The van der Waals surface area contributed by atoms with Crippen molar-refractivity contribution in [3.05, 3.63) is 30.3 Å². The van der Waals surface area contributed by atoms with Gasteiger partial charge in [0.05, 0.1) is 6.26 Å². The SMILES string of the molecule is CS(=O)(=O)N1CCC(CNC(=O)Nc2ccccc2)CC1. The van der Waals surface area contributed by atoms with Crippen LogP contribution >= 0.6 is 0 Å². The lowest BCUT2D eigenvalue weighted by Gasteiger charge is -2.30. The van der Waals surface area contributed by atoms with Crippen molar-refractivity contribution in [1.29, 1.82) is 0 Å². The third-order valence-electron chi connectivity index (χ3n) is 3.63. The summed E-state index contributed by atoms with van der Waals surface area (Å²) in [5.41, 5.74) is 0.752. The smallest absolute Gasteiger partial charge is 0.319 e. The van der Waals surface area contributed by atoms with Crippen molar-refractivity contribution in [2.75, 3.05) is 31.2 Å². The molecular weight excluding hydrogens is 290 g/mol. The number of rotatable bonds is 4. The molecule has 1 saturated heterocycles. The number of para-hydroxylation sites is 1. The molecule has 1 heterocycles. The first-order valence-electron chi connectivity index (χ1n) is 7.00. The van der Waals surface area contributed by atoms with E-state index in [9.17, 15) is 13.2 Å². The Balaban J connectivity index is 1.71. The molecule has 6 nitrogen and oxygen atoms in total. The molecular formula is C14H21N3O3S. The quantitative estimate of drug-likeness (QED) is 0.884. The summed E-state index contributed by atoms with van der Waals surface area (Å²) in [6.07, 6.45) is 2.79. The highest BCUT2D eigenvalue weighted by molar-refractivity contribution is 7.88. The number of sulfonamides is 1. The summed E-state index contributed by atoms with van der Waals surface area (Å²) in [7, 11) is -3.09. The molecule has 1 aliphatic rings. The van der Waals surface area contributed by atoms with Crippen LogP contribution in [0.1, 0.15) is 12.8 Å². The molecule has 1 aliphatic heterocycles. The monoisotopic (exact) mass is 311 g/mol. The van der Waals surface area contributed by atoms with E-state index in [0.29, 0.717) is 25.6 Å². The Morgan fingerprint density at radius 2 is 1.86 bits per heavy atom. The van der Waals surface area contributed by atoms with Crippen molar-refractivity contribution < 1.29 is 13.2 Å². The Hall–Kier alpha value is -1.60. The van der Waals surface area contributed by atoms with Gasteiger partial charge in [0.1, 0.15) is 0 Å². The van der Waals surface area contributed by atoms with Crippen molar-refractivity contribution in [2.24, 2.45) is 5.92 Å². The van der Waals surface area contributed by atoms with Crippen LogP contribution in [0, 0.1) is 5.92 Å². The van der Waals surface area contributed by atoms with E-state index in [1.807, 2.05) is 30.3 Å². The molecule has 0 bridgehead atoms. The molecule has 116 valence electrons. The van der Waals surface area contributed by atoms with Crippen LogP contribution in [0.25, 0.3) is 0 Å². The van der Waals surface area contributed by atoms with E-state index in [1.54, 1.807) is 0 Å². The minimum absolute atomic E-state index is 0.230. The molecule has 1 aromatic rings. The van der Waals surface area contributed by atoms with Gasteiger partial charge in [-0.1, -0.05) is 18.2 Å². The van der Waals surface area contributed by atoms with Crippen LogP contribution in [0.15, 0.2) is 30.3 Å². The number of anilines is 1. The van der Waals surface area contributed by atoms with E-state index in [-0.39, 0.29) is 6.03 Å². The summed E-state index contributed by atoms with van der Waals surface area (Å²) in [6, 6.07) is 9.02. The number of nitrogens with one attached hydrogen (secondary N) is 2. The molecule has 21 heavy (non-hydrogen) atoms. The van der Waals surface area contributed by atoms with Gasteiger partial charge in [-0.2, -0.15) is 0 Å². The van der Waals surface area contributed by atoms with Crippen LogP contribution in [0.4, 0.5) is 10.5 Å². The summed E-state index contributed by atoms with van der Waals surface area (Å²) in [5, 5.41) is 5.59. The summed E-state index contributed by atoms with van der Waals surface area (Å²) in [6.45, 7) is 1.63. The maximum absolute atomic E-state index is 11.8. The first-order valence-corrected chi connectivity index (χ1v) is 8.85. The third kappa shape index (κ3) is 5.02. The van der Waals surface area contributed by atoms with E-state index < -0.39 is 10.0 Å². The maximum atomic E-state index is 11.8. The standard InChI is InChI=1S/C14H21N3O3S/c1-21(19,20)17-9-7-12(8-10-17)11-15-14(18)16-13-5-3-2-4-6-13/h2-6,12H,7-11H2,1H3,(H2,15,16,18). The average molecular weight is 311 g/mol. The number of amides is 2. The number of piperidine rings is 1. The van der Waals surface area contributed by atoms with E-state index in [2.05, 4.69) is 10.6 Å². The van der Waals surface area contributed by atoms with E-state index >= 15 is 0 Å². The molecule has 0 unspecified atom stereocenters. The Bertz CT molecular complexity index is 566. The van der Waals surface area contributed by atoms with E-state index in [1.165, 1.54) is 10.6 Å². The minimum atomic E-state index is -3.09. The molecule has 1 aromatic carbocycles. The highest BCUT2D eigenvalue weighted by Gasteiger charge is 2.24. The molecule has 0 radical (unpaired) electrons. The van der Waals surface area contributed by atoms with Crippen molar-refractivity contribution in [3.8, 4) is 0 Å². The molecule has 0 aromatic heterocycles. The van der Waals surface area contributed by atoms with Gasteiger partial charge in [-0.15, -0.1) is 0 Å². The number of hydrogen-bond acceptors (Lipinski definition) is 3. The number of urea groups is 1. The van der Waals surface area contributed by atoms with Crippen LogP contribution in [-0.4, -0.2) is 44.6 Å². The number of nitrogens with zero attached hydrogens (tertiary/aromatic N) is 1. The largest absolute Gasteiger partial charge is 0.338 e. The fourth-order valence-electron chi connectivity index (χ4n) is 2.38. The summed E-state index contributed by atoms with van der Waals surface area (Å²) in [5.74, 6) is 0.324. The number of benzene rings is 1. The van der Waals surface area contributed by atoms with Crippen LogP contribution in [0.5, 0.6) is 0 Å². The van der Waals surface area contributed by atoms with Crippen LogP contribution in [-0.2, 0) is 10.0 Å². The van der Waals surface area contributed by atoms with Crippen molar-refractivity contribution in [3.63, 3.8) is 0 Å². The first kappa shape index (κ1) is 15.8. The highest BCUT2D eigenvalue weighted by Crippen LogP contribution is 2.18. The van der Waals surface area contributed by atoms with Gasteiger partial charge in [-0.05, 0) is 30.9 Å². The highest BCUT2D eigenvalue weighted by atomic mass is 32.2. The second-order valence-electron chi connectivity index (χ2n) is 5.31. The Morgan fingerprint density at radius 3 is 2.43 bits per heavy atom. The molecule has 0 spiro atoms. The molecule has 0 aliphatic carbocycles. The van der Waals surface area contributed by atoms with Crippen LogP contribution < -0.4 is 10.6 Å². The minimum Gasteiger partial charge on any atom is -0.338 e. The fourth-order valence-corrected chi connectivity index (χ4v) is 3.25. The number of carbonyl (C=O) groups excluding carboxylic acids is 1. The zero-order valence-electron chi connectivity index (χ0n) is 12.1. The van der Waals surface area contributed by atoms with Gasteiger partial charge in [0.2, 0.25) is 10.0 Å². The van der Waals surface area contributed by atoms with Crippen LogP contribution in [0.2, 0.25) is 0 Å². The van der Waals surface area contributed by atoms with Crippen molar-refractivity contribution >= 4 is 21.7 Å². The van der Waals surface area contributed by atoms with Gasteiger partial charge in [-0.3, -0.25) is 0 Å². The number of hydrogen-bond donors (Lipinski definition) is 2. The summed E-state index contributed by atoms with van der Waals surface area (Å²) >= 11 is 0. The second kappa shape index (κ2) is 6.91. The molecule has 7 heteroatoms. The van der Waals surface area contributed by atoms with E-state index in [0.717, 1.165) is 18.5 Å². The first-order chi connectivity index (χ1) is 9.95. The van der Waals surface area contributed by atoms with Gasteiger partial charge >= 0.3 is 6.03 Å². The molecule has 0 saturated carbocycles. The van der Waals surface area contributed by atoms with Gasteiger partial charge in [-0.25, -0.2) is 17.5 Å². The predicted octanol–water partition coefficient (Wildman–Crippen LogP) is 1.48. The fraction of sp³-hybridized carbons (Fsp3) is 0.500. The van der Waals surface area contributed by atoms with Gasteiger partial charge in [0.15, 0.2) is 0 Å². The normalized spacial score (nSPS) is 17.4. The second-order valence-corrected chi connectivity index (χ2v) is 7.29. The molecule has 2 rings (SSSR count). The lowest BCUT2D eigenvalue weighted by atomic mass is 9.98. The Labute approximate surface area is 125 Å². The predicted molar refractivity (Wildman–Crippen MR) is 82.6 cm³/mol. The Kier molecular flexibility index (Phi) is 5.19. The van der Waals surface area contributed by atoms with Crippen molar-refractivity contribution in [1.82, 2.24) is 9.62 Å². The van der Waals surface area contributed by atoms with Gasteiger partial charge < -0.3 is 10.6 Å². The van der Waals surface area contributed by atoms with Crippen LogP contribution in [0.3, 0.4) is 0 Å². The number of carbonyl (C=O) groups is 1. The Morgan fingerprint density at radius 1 is 1.24 bits per heavy atom. The molecule has 0 atom stereocenters. The molecule has 1 fully saturated rings. The molecule has 2 N–H and O–H groups in total. The topological polar surface area (TPSA) is 78.5 Å². The summed E-state index contributed by atoms with van der Waals surface area (Å²) in [4.78, 5) is 11.8. The lowest BCUT2D eigenvalue weighted by molar-refractivity contribution is 0.241. The van der Waals surface area contributed by atoms with E-state index in [4.69, 9.17) is 0 Å². The van der Waals surface area contributed by atoms with Gasteiger partial charge in [0, 0.05) is 25.3 Å². The zero-order chi connectivity index (χ0) is 15.3. The molecule has 2 amide bonds. The summed E-state index contributed by atoms with van der Waals surface area (Å²) < 4.78 is 24.3. The zero-order valence-corrected chi connectivity index (χ0v) is 12.9. The van der Waals surface area contributed by atoms with Gasteiger partial charge in [0.25, 0.3) is 0 Å². The lowest BCUT2D eigenvalue weighted by Crippen LogP contribution is -2.41. The van der Waals surface area contributed by atoms with Crippen molar-refractivity contribution in [2.45, 2.75) is 12.8 Å². The average Bonchev–Trinajstić information content (AvgIpc) is 2.46.